The smallest absolute Gasteiger partial charge is 0.298 e. The molecule has 0 radical (unpaired) electrons. The van der Waals surface area contributed by atoms with E-state index in [2.05, 4.69) is 4.98 Å². The zero-order valence-electron chi connectivity index (χ0n) is 10.8. The van der Waals surface area contributed by atoms with Gasteiger partial charge in [-0.1, -0.05) is 18.2 Å². The molecule has 104 valence electrons. The second-order valence-electron chi connectivity index (χ2n) is 4.70. The number of nitrogens with zero attached hydrogens (tertiary/aromatic N) is 1. The van der Waals surface area contributed by atoms with Crippen molar-refractivity contribution in [3.8, 4) is 0 Å². The first-order valence-electron chi connectivity index (χ1n) is 6.41. The van der Waals surface area contributed by atoms with Crippen molar-refractivity contribution in [3.63, 3.8) is 0 Å². The molecule has 3 aromatic heterocycles. The Morgan fingerprint density at radius 1 is 1.24 bits per heavy atom. The summed E-state index contributed by atoms with van der Waals surface area (Å²) in [5.74, 6) is 0. The lowest BCUT2D eigenvalue weighted by atomic mass is 10.2. The minimum Gasteiger partial charge on any atom is -0.449 e. The number of rotatable bonds is 2. The lowest BCUT2D eigenvalue weighted by Crippen LogP contribution is -2.21. The number of fused-ring (bicyclic) bond motifs is 3. The molecule has 0 aliphatic rings. The van der Waals surface area contributed by atoms with Crippen LogP contribution in [0.4, 0.5) is 0 Å². The lowest BCUT2D eigenvalue weighted by molar-refractivity contribution is 0.641. The maximum atomic E-state index is 12.6. The minimum atomic E-state index is -0.196. The molecule has 0 saturated heterocycles. The first-order chi connectivity index (χ1) is 10.2. The molecule has 4 nitrogen and oxygen atoms in total. The van der Waals surface area contributed by atoms with E-state index >= 15 is 0 Å². The largest absolute Gasteiger partial charge is 0.449 e. The van der Waals surface area contributed by atoms with Gasteiger partial charge in [0.25, 0.3) is 5.56 Å². The number of para-hydroxylation sites is 1. The van der Waals surface area contributed by atoms with Crippen LogP contribution in [-0.2, 0) is 6.54 Å². The fraction of sp³-hybridized carbons (Fsp3) is 0.0667. The lowest BCUT2D eigenvalue weighted by Gasteiger charge is -2.03. The summed E-state index contributed by atoms with van der Waals surface area (Å²) in [6.07, 6.45) is 0. The highest BCUT2D eigenvalue weighted by Crippen LogP contribution is 2.24. The van der Waals surface area contributed by atoms with Crippen LogP contribution < -0.4 is 5.56 Å². The summed E-state index contributed by atoms with van der Waals surface area (Å²) in [6, 6.07) is 11.5. The molecule has 0 amide bonds. The maximum Gasteiger partial charge on any atom is 0.298 e. The summed E-state index contributed by atoms with van der Waals surface area (Å²) in [4.78, 5) is 16.8. The fourth-order valence-electron chi connectivity index (χ4n) is 2.41. The van der Waals surface area contributed by atoms with Gasteiger partial charge in [0.05, 0.1) is 6.54 Å². The van der Waals surface area contributed by atoms with Crippen LogP contribution >= 0.6 is 23.6 Å². The van der Waals surface area contributed by atoms with Crippen molar-refractivity contribution < 1.29 is 4.42 Å². The Balaban J connectivity index is 2.03. The Hall–Kier alpha value is -2.18. The van der Waals surface area contributed by atoms with Crippen LogP contribution in [-0.4, -0.2) is 9.55 Å². The van der Waals surface area contributed by atoms with Crippen molar-refractivity contribution in [1.29, 1.82) is 0 Å². The molecule has 3 heterocycles. The van der Waals surface area contributed by atoms with Crippen LogP contribution in [0.2, 0.25) is 0 Å². The molecule has 0 fully saturated rings. The van der Waals surface area contributed by atoms with Gasteiger partial charge in [0, 0.05) is 10.3 Å². The second kappa shape index (κ2) is 4.68. The third-order valence-corrected chi connectivity index (χ3v) is 4.59. The SMILES string of the molecule is O=c1c2oc3ccccc3c2[nH]c(=S)n1Cc1cccs1. The van der Waals surface area contributed by atoms with Crippen LogP contribution in [0.1, 0.15) is 4.88 Å². The zero-order valence-corrected chi connectivity index (χ0v) is 12.5. The van der Waals surface area contributed by atoms with Crippen LogP contribution in [0.15, 0.2) is 51.0 Å². The van der Waals surface area contributed by atoms with Gasteiger partial charge >= 0.3 is 0 Å². The number of hydrogen-bond donors (Lipinski definition) is 1. The van der Waals surface area contributed by atoms with Crippen molar-refractivity contribution in [2.24, 2.45) is 0 Å². The van der Waals surface area contributed by atoms with Crippen LogP contribution in [0.5, 0.6) is 0 Å². The first kappa shape index (κ1) is 12.6. The van der Waals surface area contributed by atoms with Gasteiger partial charge in [-0.25, -0.2) is 0 Å². The number of benzene rings is 1. The molecule has 0 bridgehead atoms. The number of aromatic amines is 1. The van der Waals surface area contributed by atoms with Gasteiger partial charge in [-0.15, -0.1) is 11.3 Å². The topological polar surface area (TPSA) is 50.9 Å². The van der Waals surface area contributed by atoms with E-state index in [0.29, 0.717) is 28.0 Å². The highest BCUT2D eigenvalue weighted by Gasteiger charge is 2.13. The Bertz CT molecular complexity index is 1050. The van der Waals surface area contributed by atoms with E-state index in [0.717, 1.165) is 10.3 Å². The zero-order chi connectivity index (χ0) is 14.4. The summed E-state index contributed by atoms with van der Waals surface area (Å²) in [5.41, 5.74) is 1.48. The molecule has 4 rings (SSSR count). The predicted octanol–water partition coefficient (Wildman–Crippen LogP) is 3.92. The molecule has 1 aromatic carbocycles. The summed E-state index contributed by atoms with van der Waals surface area (Å²) in [7, 11) is 0. The average molecular weight is 314 g/mol. The number of H-pyrrole nitrogens is 1. The van der Waals surface area contributed by atoms with E-state index in [1.807, 2.05) is 41.8 Å². The molecule has 0 aliphatic heterocycles. The molecule has 0 saturated carbocycles. The van der Waals surface area contributed by atoms with Crippen LogP contribution in [0.25, 0.3) is 22.1 Å². The van der Waals surface area contributed by atoms with E-state index in [9.17, 15) is 4.79 Å². The van der Waals surface area contributed by atoms with E-state index in [4.69, 9.17) is 16.6 Å². The Morgan fingerprint density at radius 2 is 2.10 bits per heavy atom. The maximum absolute atomic E-state index is 12.6. The van der Waals surface area contributed by atoms with E-state index in [1.165, 1.54) is 4.57 Å². The molecule has 21 heavy (non-hydrogen) atoms. The fourth-order valence-corrected chi connectivity index (χ4v) is 3.35. The van der Waals surface area contributed by atoms with Gasteiger partial charge in [-0.2, -0.15) is 0 Å². The quantitative estimate of drug-likeness (QED) is 0.571. The van der Waals surface area contributed by atoms with Gasteiger partial charge in [0.2, 0.25) is 5.58 Å². The standard InChI is InChI=1S/C15H10N2O2S2/c18-14-13-12(10-5-1-2-6-11(10)19-13)16-15(20)17(14)8-9-4-3-7-21-9/h1-7H,8H2,(H,16,20). The third-order valence-electron chi connectivity index (χ3n) is 3.41. The van der Waals surface area contributed by atoms with Gasteiger partial charge in [-0.3, -0.25) is 9.36 Å². The predicted molar refractivity (Wildman–Crippen MR) is 86.6 cm³/mol. The first-order valence-corrected chi connectivity index (χ1v) is 7.69. The molecule has 0 atom stereocenters. The number of furan rings is 1. The number of aromatic nitrogens is 2. The molecule has 4 aromatic rings. The Labute approximate surface area is 128 Å². The molecule has 0 spiro atoms. The highest BCUT2D eigenvalue weighted by molar-refractivity contribution is 7.71. The normalized spacial score (nSPS) is 11.4. The van der Waals surface area contributed by atoms with E-state index in [-0.39, 0.29) is 5.56 Å². The monoisotopic (exact) mass is 314 g/mol. The molecular formula is C15H10N2O2S2. The van der Waals surface area contributed by atoms with Gasteiger partial charge in [0.1, 0.15) is 11.1 Å². The highest BCUT2D eigenvalue weighted by atomic mass is 32.1. The Kier molecular flexibility index (Phi) is 2.80. The third kappa shape index (κ3) is 1.95. The number of nitrogens with one attached hydrogen (secondary N) is 1. The molecule has 0 unspecified atom stereocenters. The summed E-state index contributed by atoms with van der Waals surface area (Å²) < 4.78 is 7.63. The summed E-state index contributed by atoms with van der Waals surface area (Å²) in [5, 5.41) is 2.85. The van der Waals surface area contributed by atoms with Crippen LogP contribution in [0, 0.1) is 4.77 Å². The van der Waals surface area contributed by atoms with Crippen molar-refractivity contribution in [2.45, 2.75) is 6.54 Å². The van der Waals surface area contributed by atoms with Crippen molar-refractivity contribution in [1.82, 2.24) is 9.55 Å². The van der Waals surface area contributed by atoms with E-state index in [1.54, 1.807) is 11.3 Å². The van der Waals surface area contributed by atoms with Crippen molar-refractivity contribution in [3.05, 3.63) is 61.8 Å². The van der Waals surface area contributed by atoms with Crippen molar-refractivity contribution >= 4 is 45.6 Å². The second-order valence-corrected chi connectivity index (χ2v) is 6.12. The summed E-state index contributed by atoms with van der Waals surface area (Å²) in [6.45, 7) is 0.457. The van der Waals surface area contributed by atoms with Gasteiger partial charge in [-0.05, 0) is 35.8 Å². The molecular weight excluding hydrogens is 304 g/mol. The van der Waals surface area contributed by atoms with E-state index < -0.39 is 0 Å². The number of thiophene rings is 1. The Morgan fingerprint density at radius 3 is 2.90 bits per heavy atom. The summed E-state index contributed by atoms with van der Waals surface area (Å²) >= 11 is 6.93. The van der Waals surface area contributed by atoms with Crippen molar-refractivity contribution in [2.75, 3.05) is 0 Å². The minimum absolute atomic E-state index is 0.196. The number of hydrogen-bond acceptors (Lipinski definition) is 4. The van der Waals surface area contributed by atoms with Gasteiger partial charge < -0.3 is 9.40 Å². The molecule has 1 N–H and O–H groups in total. The van der Waals surface area contributed by atoms with Gasteiger partial charge in [0.15, 0.2) is 4.77 Å². The molecule has 6 heteroatoms. The van der Waals surface area contributed by atoms with Crippen LogP contribution in [0.3, 0.4) is 0 Å². The molecule has 0 aliphatic carbocycles. The average Bonchev–Trinajstić information content (AvgIpc) is 3.11.